The molecule has 0 aliphatic rings. The lowest BCUT2D eigenvalue weighted by Crippen LogP contribution is -2.07. The van der Waals surface area contributed by atoms with E-state index >= 15 is 0 Å². The summed E-state index contributed by atoms with van der Waals surface area (Å²) in [6.07, 6.45) is 9.24. The number of carbonyl (C=O) groups excluding carboxylic acids is 1. The summed E-state index contributed by atoms with van der Waals surface area (Å²) in [5, 5.41) is 2.75. The zero-order chi connectivity index (χ0) is 22.2. The second kappa shape index (κ2) is 9.99. The van der Waals surface area contributed by atoms with Gasteiger partial charge in [0.05, 0.1) is 6.20 Å². The number of rotatable bonds is 7. The van der Waals surface area contributed by atoms with E-state index in [1.807, 2.05) is 0 Å². The van der Waals surface area contributed by atoms with Crippen molar-refractivity contribution in [1.29, 1.82) is 0 Å². The molecule has 0 saturated heterocycles. The molecular formula is C25H18FN3O3. The van der Waals surface area contributed by atoms with E-state index in [1.165, 1.54) is 30.5 Å². The van der Waals surface area contributed by atoms with E-state index in [0.29, 0.717) is 28.5 Å². The van der Waals surface area contributed by atoms with Crippen LogP contribution in [0.4, 0.5) is 10.1 Å². The molecule has 1 N–H and O–H groups in total. The topological polar surface area (TPSA) is 73.3 Å². The fourth-order valence-corrected chi connectivity index (χ4v) is 2.74. The fraction of sp³-hybridized carbons (Fsp3) is 0. The van der Waals surface area contributed by atoms with Crippen molar-refractivity contribution in [3.05, 3.63) is 109 Å². The summed E-state index contributed by atoms with van der Waals surface area (Å²) < 4.78 is 25.5. The van der Waals surface area contributed by atoms with Gasteiger partial charge in [-0.05, 0) is 72.3 Å². The van der Waals surface area contributed by atoms with Crippen LogP contribution in [0.5, 0.6) is 23.0 Å². The third-order valence-corrected chi connectivity index (χ3v) is 4.25. The number of pyridine rings is 2. The summed E-state index contributed by atoms with van der Waals surface area (Å²) >= 11 is 0. The first-order chi connectivity index (χ1) is 15.7. The van der Waals surface area contributed by atoms with Crippen molar-refractivity contribution in [2.45, 2.75) is 0 Å². The molecule has 0 radical (unpaired) electrons. The summed E-state index contributed by atoms with van der Waals surface area (Å²) in [5.41, 5.74) is 1.13. The minimum absolute atomic E-state index is 0.0775. The maximum absolute atomic E-state index is 14.3. The van der Waals surface area contributed by atoms with Gasteiger partial charge in [-0.15, -0.1) is 0 Å². The molecule has 0 aliphatic carbocycles. The molecule has 32 heavy (non-hydrogen) atoms. The van der Waals surface area contributed by atoms with Crippen LogP contribution in [0.25, 0.3) is 6.08 Å². The first-order valence-electron chi connectivity index (χ1n) is 9.70. The average molecular weight is 427 g/mol. The largest absolute Gasteiger partial charge is 0.457 e. The Morgan fingerprint density at radius 1 is 0.844 bits per heavy atom. The predicted molar refractivity (Wildman–Crippen MR) is 119 cm³/mol. The number of nitrogens with zero attached hydrogens (tertiary/aromatic N) is 2. The number of ether oxygens (including phenoxy) is 2. The average Bonchev–Trinajstić information content (AvgIpc) is 2.82. The van der Waals surface area contributed by atoms with Gasteiger partial charge in [0.1, 0.15) is 17.2 Å². The second-order valence-electron chi connectivity index (χ2n) is 6.61. The quantitative estimate of drug-likeness (QED) is 0.375. The van der Waals surface area contributed by atoms with Crippen LogP contribution in [0, 0.1) is 5.82 Å². The molecule has 0 fully saturated rings. The third kappa shape index (κ3) is 5.76. The smallest absolute Gasteiger partial charge is 0.248 e. The molecule has 0 unspecified atom stereocenters. The number of amides is 1. The van der Waals surface area contributed by atoms with Crippen LogP contribution in [0.1, 0.15) is 5.56 Å². The van der Waals surface area contributed by atoms with Crippen LogP contribution in [0.3, 0.4) is 0 Å². The molecule has 2 aromatic carbocycles. The van der Waals surface area contributed by atoms with Crippen molar-refractivity contribution in [1.82, 2.24) is 9.97 Å². The van der Waals surface area contributed by atoms with E-state index < -0.39 is 5.82 Å². The molecule has 2 aromatic heterocycles. The highest BCUT2D eigenvalue weighted by Crippen LogP contribution is 2.25. The molecule has 0 saturated carbocycles. The van der Waals surface area contributed by atoms with Gasteiger partial charge in [0, 0.05) is 30.4 Å². The Morgan fingerprint density at radius 3 is 2.34 bits per heavy atom. The van der Waals surface area contributed by atoms with E-state index in [1.54, 1.807) is 73.2 Å². The van der Waals surface area contributed by atoms with Crippen molar-refractivity contribution < 1.29 is 18.7 Å². The third-order valence-electron chi connectivity index (χ3n) is 4.25. The van der Waals surface area contributed by atoms with Gasteiger partial charge in [-0.3, -0.25) is 14.8 Å². The summed E-state index contributed by atoms with van der Waals surface area (Å²) in [6.45, 7) is 0. The fourth-order valence-electron chi connectivity index (χ4n) is 2.74. The molecule has 4 aromatic rings. The molecule has 158 valence electrons. The van der Waals surface area contributed by atoms with Crippen molar-refractivity contribution in [2.24, 2.45) is 0 Å². The number of aromatic nitrogens is 2. The Labute approximate surface area is 184 Å². The summed E-state index contributed by atoms with van der Waals surface area (Å²) in [7, 11) is 0. The lowest BCUT2D eigenvalue weighted by atomic mass is 10.2. The number of nitrogens with one attached hydrogen (secondary N) is 1. The Balaban J connectivity index is 1.33. The highest BCUT2D eigenvalue weighted by molar-refractivity contribution is 6.01. The number of hydrogen-bond acceptors (Lipinski definition) is 5. The first-order valence-corrected chi connectivity index (χ1v) is 9.70. The lowest BCUT2D eigenvalue weighted by molar-refractivity contribution is -0.111. The zero-order valence-corrected chi connectivity index (χ0v) is 16.8. The summed E-state index contributed by atoms with van der Waals surface area (Å²) in [5.74, 6) is 0.933. The Bertz CT molecular complexity index is 1210. The predicted octanol–water partition coefficient (Wildman–Crippen LogP) is 5.85. The van der Waals surface area contributed by atoms with Gasteiger partial charge in [0.25, 0.3) is 0 Å². The van der Waals surface area contributed by atoms with Gasteiger partial charge < -0.3 is 14.8 Å². The van der Waals surface area contributed by atoms with E-state index in [0.717, 1.165) is 0 Å². The van der Waals surface area contributed by atoms with Crippen LogP contribution >= 0.6 is 0 Å². The van der Waals surface area contributed by atoms with Gasteiger partial charge in [-0.2, -0.15) is 0 Å². The van der Waals surface area contributed by atoms with Gasteiger partial charge in [0.2, 0.25) is 5.91 Å². The van der Waals surface area contributed by atoms with Crippen LogP contribution in [-0.4, -0.2) is 15.9 Å². The molecule has 0 spiro atoms. The molecule has 0 atom stereocenters. The Kier molecular flexibility index (Phi) is 6.48. The summed E-state index contributed by atoms with van der Waals surface area (Å²) in [4.78, 5) is 20.1. The minimum atomic E-state index is -0.541. The minimum Gasteiger partial charge on any atom is -0.457 e. The highest BCUT2D eigenvalue weighted by Gasteiger charge is 2.06. The van der Waals surface area contributed by atoms with E-state index in [-0.39, 0.29) is 11.7 Å². The van der Waals surface area contributed by atoms with Crippen LogP contribution < -0.4 is 14.8 Å². The van der Waals surface area contributed by atoms with Crippen molar-refractivity contribution in [2.75, 3.05) is 5.32 Å². The molecule has 4 rings (SSSR count). The molecule has 0 bridgehead atoms. The molecule has 7 heteroatoms. The van der Waals surface area contributed by atoms with Crippen molar-refractivity contribution >= 4 is 17.7 Å². The number of halogens is 1. The maximum Gasteiger partial charge on any atom is 0.248 e. The van der Waals surface area contributed by atoms with Crippen LogP contribution in [0.2, 0.25) is 0 Å². The van der Waals surface area contributed by atoms with Gasteiger partial charge in [0.15, 0.2) is 11.6 Å². The molecule has 0 aliphatic heterocycles. The standard InChI is InChI=1S/C25H18FN3O3/c26-23-16-18(3-9-24(23)32-22-2-1-13-28-17-22)4-10-25(30)29-19-5-7-20(8-6-19)31-21-11-14-27-15-12-21/h1-17H,(H,29,30)/b10-4+. The molecule has 2 heterocycles. The Hall–Kier alpha value is -4.52. The van der Waals surface area contributed by atoms with Gasteiger partial charge in [-0.1, -0.05) is 6.07 Å². The summed E-state index contributed by atoms with van der Waals surface area (Å²) in [6, 6.07) is 18.3. The van der Waals surface area contributed by atoms with Crippen molar-refractivity contribution in [3.63, 3.8) is 0 Å². The molecular weight excluding hydrogens is 409 g/mol. The SMILES string of the molecule is O=C(/C=C/c1ccc(Oc2cccnc2)c(F)c1)Nc1ccc(Oc2ccncc2)cc1. The normalized spacial score (nSPS) is 10.7. The van der Waals surface area contributed by atoms with E-state index in [2.05, 4.69) is 15.3 Å². The van der Waals surface area contributed by atoms with Crippen LogP contribution in [-0.2, 0) is 4.79 Å². The molecule has 6 nitrogen and oxygen atoms in total. The highest BCUT2D eigenvalue weighted by atomic mass is 19.1. The molecule has 1 amide bonds. The zero-order valence-electron chi connectivity index (χ0n) is 16.8. The van der Waals surface area contributed by atoms with E-state index in [9.17, 15) is 9.18 Å². The number of hydrogen-bond donors (Lipinski definition) is 1. The van der Waals surface area contributed by atoms with E-state index in [4.69, 9.17) is 9.47 Å². The monoisotopic (exact) mass is 427 g/mol. The first kappa shape index (κ1) is 20.7. The van der Waals surface area contributed by atoms with Gasteiger partial charge >= 0.3 is 0 Å². The lowest BCUT2D eigenvalue weighted by Gasteiger charge is -2.07. The second-order valence-corrected chi connectivity index (χ2v) is 6.61. The van der Waals surface area contributed by atoms with Crippen molar-refractivity contribution in [3.8, 4) is 23.0 Å². The number of benzene rings is 2. The van der Waals surface area contributed by atoms with Crippen LogP contribution in [0.15, 0.2) is 97.6 Å². The van der Waals surface area contributed by atoms with Gasteiger partial charge in [-0.25, -0.2) is 4.39 Å². The maximum atomic E-state index is 14.3. The Morgan fingerprint density at radius 2 is 1.62 bits per heavy atom. The number of anilines is 1. The number of carbonyl (C=O) groups is 1.